The maximum absolute atomic E-state index is 12.8. The maximum Gasteiger partial charge on any atom is 0.255 e. The predicted molar refractivity (Wildman–Crippen MR) is 108 cm³/mol. The van der Waals surface area contributed by atoms with Gasteiger partial charge in [0.05, 0.1) is 17.5 Å². The minimum atomic E-state index is -0.261. The third kappa shape index (κ3) is 3.33. The fourth-order valence-electron chi connectivity index (χ4n) is 4.45. The van der Waals surface area contributed by atoms with Gasteiger partial charge in [-0.1, -0.05) is 25.0 Å². The molecule has 0 spiro atoms. The molecule has 2 atom stereocenters. The van der Waals surface area contributed by atoms with Crippen LogP contribution in [0.15, 0.2) is 42.5 Å². The van der Waals surface area contributed by atoms with Crippen molar-refractivity contribution in [3.63, 3.8) is 0 Å². The number of anilines is 2. The van der Waals surface area contributed by atoms with Gasteiger partial charge >= 0.3 is 0 Å². The highest BCUT2D eigenvalue weighted by Gasteiger charge is 2.48. The number of fused-ring (bicyclic) bond motifs is 1. The largest absolute Gasteiger partial charge is 0.322 e. The number of benzene rings is 2. The lowest BCUT2D eigenvalue weighted by Gasteiger charge is -2.19. The summed E-state index contributed by atoms with van der Waals surface area (Å²) in [6.07, 6.45) is 3.54. The first-order valence-electron chi connectivity index (χ1n) is 9.81. The van der Waals surface area contributed by atoms with E-state index in [0.717, 1.165) is 42.5 Å². The van der Waals surface area contributed by atoms with Crippen molar-refractivity contribution in [2.75, 3.05) is 10.2 Å². The van der Waals surface area contributed by atoms with Crippen molar-refractivity contribution in [2.24, 2.45) is 11.8 Å². The maximum atomic E-state index is 12.8. The summed E-state index contributed by atoms with van der Waals surface area (Å²) in [5.41, 5.74) is 3.77. The standard InChI is InChI=1S/C23H24N2O3/c1-14-10-15(2)12-17(11-14)24-21(26)16-6-5-7-18(13-16)25-22(27)19-8-3-4-9-20(19)23(25)28/h5-7,10-13,19-20H,3-4,8-9H2,1-2H3,(H,24,26)/t19-,20-/m0/s1. The molecule has 5 nitrogen and oxygen atoms in total. The molecule has 28 heavy (non-hydrogen) atoms. The second kappa shape index (κ2) is 7.23. The van der Waals surface area contributed by atoms with Gasteiger partial charge in [0.25, 0.3) is 5.91 Å². The molecule has 3 amide bonds. The Bertz CT molecular complexity index is 922. The number of carbonyl (C=O) groups is 3. The lowest BCUT2D eigenvalue weighted by atomic mass is 9.81. The number of imide groups is 1. The van der Waals surface area contributed by atoms with Crippen LogP contribution in [-0.2, 0) is 9.59 Å². The first kappa shape index (κ1) is 18.4. The Morgan fingerprint density at radius 1 is 0.929 bits per heavy atom. The SMILES string of the molecule is Cc1cc(C)cc(NC(=O)c2cccc(N3C(=O)[C@H]4CCCC[C@@H]4C3=O)c2)c1. The molecule has 1 saturated carbocycles. The molecule has 144 valence electrons. The van der Waals surface area contributed by atoms with E-state index in [-0.39, 0.29) is 29.6 Å². The molecule has 1 saturated heterocycles. The third-order valence-electron chi connectivity index (χ3n) is 5.69. The number of nitrogens with one attached hydrogen (secondary N) is 1. The van der Waals surface area contributed by atoms with Crippen molar-refractivity contribution in [1.29, 1.82) is 0 Å². The lowest BCUT2D eigenvalue weighted by Crippen LogP contribution is -2.31. The van der Waals surface area contributed by atoms with Gasteiger partial charge < -0.3 is 5.32 Å². The van der Waals surface area contributed by atoms with Gasteiger partial charge in [0.1, 0.15) is 0 Å². The Hall–Kier alpha value is -2.95. The molecular formula is C23H24N2O3. The number of aryl methyl sites for hydroxylation is 2. The number of carbonyl (C=O) groups excluding carboxylic acids is 3. The first-order valence-corrected chi connectivity index (χ1v) is 9.81. The molecule has 4 rings (SSSR count). The van der Waals surface area contributed by atoms with Crippen molar-refractivity contribution in [2.45, 2.75) is 39.5 Å². The monoisotopic (exact) mass is 376 g/mol. The van der Waals surface area contributed by atoms with Crippen LogP contribution in [0.4, 0.5) is 11.4 Å². The molecule has 5 heteroatoms. The number of hydrogen-bond acceptors (Lipinski definition) is 3. The Morgan fingerprint density at radius 2 is 1.54 bits per heavy atom. The molecule has 2 aromatic rings. The summed E-state index contributed by atoms with van der Waals surface area (Å²) < 4.78 is 0. The third-order valence-corrected chi connectivity index (χ3v) is 5.69. The molecular weight excluding hydrogens is 352 g/mol. The molecule has 0 unspecified atom stereocenters. The van der Waals surface area contributed by atoms with Gasteiger partial charge in [-0.25, -0.2) is 0 Å². The van der Waals surface area contributed by atoms with E-state index in [1.165, 1.54) is 4.90 Å². The van der Waals surface area contributed by atoms with Crippen LogP contribution < -0.4 is 10.2 Å². The Morgan fingerprint density at radius 3 is 2.14 bits per heavy atom. The van der Waals surface area contributed by atoms with Gasteiger partial charge in [-0.3, -0.25) is 19.3 Å². The summed E-state index contributed by atoms with van der Waals surface area (Å²) in [5.74, 6) is -0.908. The van der Waals surface area contributed by atoms with E-state index in [1.54, 1.807) is 24.3 Å². The molecule has 1 aliphatic heterocycles. The quantitative estimate of drug-likeness (QED) is 0.815. The Labute approximate surface area is 164 Å². The molecule has 1 heterocycles. The molecule has 0 aromatic heterocycles. The Balaban J connectivity index is 1.58. The van der Waals surface area contributed by atoms with Crippen molar-refractivity contribution >= 4 is 29.1 Å². The highest BCUT2D eigenvalue weighted by Crippen LogP contribution is 2.40. The van der Waals surface area contributed by atoms with Crippen LogP contribution in [-0.4, -0.2) is 17.7 Å². The van der Waals surface area contributed by atoms with Crippen molar-refractivity contribution in [3.8, 4) is 0 Å². The van der Waals surface area contributed by atoms with Crippen molar-refractivity contribution in [3.05, 3.63) is 59.2 Å². The van der Waals surface area contributed by atoms with Gasteiger partial charge in [0.15, 0.2) is 0 Å². The number of hydrogen-bond donors (Lipinski definition) is 1. The van der Waals surface area contributed by atoms with Crippen molar-refractivity contribution in [1.82, 2.24) is 0 Å². The zero-order valence-electron chi connectivity index (χ0n) is 16.2. The topological polar surface area (TPSA) is 66.5 Å². The zero-order chi connectivity index (χ0) is 19.8. The van der Waals surface area contributed by atoms with Gasteiger partial charge in [-0.2, -0.15) is 0 Å². The van der Waals surface area contributed by atoms with E-state index in [9.17, 15) is 14.4 Å². The van der Waals surface area contributed by atoms with Crippen LogP contribution in [0.3, 0.4) is 0 Å². The zero-order valence-corrected chi connectivity index (χ0v) is 16.2. The van der Waals surface area contributed by atoms with E-state index in [2.05, 4.69) is 5.32 Å². The highest BCUT2D eigenvalue weighted by atomic mass is 16.2. The highest BCUT2D eigenvalue weighted by molar-refractivity contribution is 6.22. The molecule has 0 radical (unpaired) electrons. The van der Waals surface area contributed by atoms with Gasteiger partial charge in [0.2, 0.25) is 11.8 Å². The van der Waals surface area contributed by atoms with Crippen LogP contribution in [0.2, 0.25) is 0 Å². The normalized spacial score (nSPS) is 21.6. The average Bonchev–Trinajstić information content (AvgIpc) is 2.92. The molecule has 0 bridgehead atoms. The summed E-state index contributed by atoms with van der Waals surface area (Å²) in [6, 6.07) is 12.6. The predicted octanol–water partition coefficient (Wildman–Crippen LogP) is 4.24. The molecule has 1 N–H and O–H groups in total. The fraction of sp³-hybridized carbons (Fsp3) is 0.348. The van der Waals surface area contributed by atoms with Crippen molar-refractivity contribution < 1.29 is 14.4 Å². The van der Waals surface area contributed by atoms with Crippen LogP contribution in [0.5, 0.6) is 0 Å². The van der Waals surface area contributed by atoms with E-state index < -0.39 is 0 Å². The van der Waals surface area contributed by atoms with Crippen LogP contribution in [0.25, 0.3) is 0 Å². The molecule has 2 fully saturated rings. The number of nitrogens with zero attached hydrogens (tertiary/aromatic N) is 1. The summed E-state index contributed by atoms with van der Waals surface area (Å²) in [5, 5.41) is 2.90. The average molecular weight is 376 g/mol. The smallest absolute Gasteiger partial charge is 0.255 e. The Kier molecular flexibility index (Phi) is 4.75. The second-order valence-electron chi connectivity index (χ2n) is 7.89. The minimum absolute atomic E-state index is 0.124. The van der Waals surface area contributed by atoms with Crippen LogP contribution >= 0.6 is 0 Å². The summed E-state index contributed by atoms with van der Waals surface area (Å²) >= 11 is 0. The van der Waals surface area contributed by atoms with Crippen LogP contribution in [0, 0.1) is 25.7 Å². The second-order valence-corrected chi connectivity index (χ2v) is 7.89. The van der Waals surface area contributed by atoms with Gasteiger partial charge in [-0.15, -0.1) is 0 Å². The van der Waals surface area contributed by atoms with E-state index >= 15 is 0 Å². The van der Waals surface area contributed by atoms with E-state index in [4.69, 9.17) is 0 Å². The molecule has 2 aliphatic rings. The summed E-state index contributed by atoms with van der Waals surface area (Å²) in [7, 11) is 0. The molecule has 1 aliphatic carbocycles. The van der Waals surface area contributed by atoms with Crippen LogP contribution in [0.1, 0.15) is 47.2 Å². The molecule has 2 aromatic carbocycles. The minimum Gasteiger partial charge on any atom is -0.322 e. The van der Waals surface area contributed by atoms with Gasteiger partial charge in [0, 0.05) is 11.3 Å². The lowest BCUT2D eigenvalue weighted by molar-refractivity contribution is -0.122. The van der Waals surface area contributed by atoms with E-state index in [0.29, 0.717) is 11.3 Å². The first-order chi connectivity index (χ1) is 13.4. The van der Waals surface area contributed by atoms with Gasteiger partial charge in [-0.05, 0) is 68.1 Å². The number of amides is 3. The summed E-state index contributed by atoms with van der Waals surface area (Å²) in [6.45, 7) is 3.96. The fourth-order valence-corrected chi connectivity index (χ4v) is 4.45. The number of rotatable bonds is 3. The van der Waals surface area contributed by atoms with E-state index in [1.807, 2.05) is 32.0 Å². The summed E-state index contributed by atoms with van der Waals surface area (Å²) in [4.78, 5) is 39.6.